The van der Waals surface area contributed by atoms with Crippen molar-refractivity contribution >= 4 is 46.2 Å². The summed E-state index contributed by atoms with van der Waals surface area (Å²) in [4.78, 5) is 18.8. The number of para-hydroxylation sites is 1. The second-order valence-electron chi connectivity index (χ2n) is 4.91. The first-order valence-corrected chi connectivity index (χ1v) is 8.04. The predicted octanol–water partition coefficient (Wildman–Crippen LogP) is 4.28. The highest BCUT2D eigenvalue weighted by atomic mass is 35.5. The largest absolute Gasteiger partial charge is 0.507 e. The molecule has 3 rings (SSSR count). The van der Waals surface area contributed by atoms with Crippen LogP contribution < -0.4 is 0 Å². The second kappa shape index (κ2) is 6.48. The first-order chi connectivity index (χ1) is 11.0. The summed E-state index contributed by atoms with van der Waals surface area (Å²) in [5, 5.41) is 11.0. The molecule has 0 spiro atoms. The van der Waals surface area contributed by atoms with Crippen molar-refractivity contribution in [1.82, 2.24) is 4.90 Å². The summed E-state index contributed by atoms with van der Waals surface area (Å²) in [5.74, 6) is -0.0875. The SMILES string of the molecule is CN1C(=O)/C(=C\c2cc(Cl)ccc2O)SC1=Nc1ccccc1. The molecule has 23 heavy (non-hydrogen) atoms. The number of rotatable bonds is 2. The Hall–Kier alpha value is -2.24. The van der Waals surface area contributed by atoms with Crippen molar-refractivity contribution in [2.24, 2.45) is 4.99 Å². The van der Waals surface area contributed by atoms with Gasteiger partial charge in [-0.2, -0.15) is 0 Å². The van der Waals surface area contributed by atoms with Crippen LogP contribution in [-0.2, 0) is 4.79 Å². The zero-order valence-electron chi connectivity index (χ0n) is 12.2. The van der Waals surface area contributed by atoms with Crippen LogP contribution in [-0.4, -0.2) is 28.1 Å². The van der Waals surface area contributed by atoms with Gasteiger partial charge in [-0.25, -0.2) is 4.99 Å². The fraction of sp³-hybridized carbons (Fsp3) is 0.0588. The molecule has 0 radical (unpaired) electrons. The summed E-state index contributed by atoms with van der Waals surface area (Å²) >= 11 is 7.20. The van der Waals surface area contributed by atoms with Gasteiger partial charge in [0.15, 0.2) is 5.17 Å². The number of hydrogen-bond acceptors (Lipinski definition) is 4. The lowest BCUT2D eigenvalue weighted by molar-refractivity contribution is -0.121. The highest BCUT2D eigenvalue weighted by Crippen LogP contribution is 2.35. The van der Waals surface area contributed by atoms with E-state index in [1.807, 2.05) is 30.3 Å². The standard InChI is InChI=1S/C17H13ClN2O2S/c1-20-16(22)15(10-11-9-12(18)7-8-14(11)21)23-17(20)19-13-5-3-2-4-6-13/h2-10,21H,1H3/b15-10+,19-17?. The maximum Gasteiger partial charge on any atom is 0.266 e. The van der Waals surface area contributed by atoms with Crippen molar-refractivity contribution in [2.75, 3.05) is 7.05 Å². The molecule has 1 N–H and O–H groups in total. The summed E-state index contributed by atoms with van der Waals surface area (Å²) < 4.78 is 0. The topological polar surface area (TPSA) is 52.9 Å². The first-order valence-electron chi connectivity index (χ1n) is 6.84. The summed E-state index contributed by atoms with van der Waals surface area (Å²) in [6.45, 7) is 0. The third kappa shape index (κ3) is 3.41. The molecular weight excluding hydrogens is 332 g/mol. The van der Waals surface area contributed by atoms with Gasteiger partial charge in [-0.3, -0.25) is 9.69 Å². The molecule has 116 valence electrons. The van der Waals surface area contributed by atoms with E-state index >= 15 is 0 Å². The number of aliphatic imine (C=N–C) groups is 1. The average Bonchev–Trinajstić information content (AvgIpc) is 2.80. The van der Waals surface area contributed by atoms with Crippen LogP contribution in [0.2, 0.25) is 5.02 Å². The number of benzene rings is 2. The van der Waals surface area contributed by atoms with Gasteiger partial charge in [0.1, 0.15) is 5.75 Å². The lowest BCUT2D eigenvalue weighted by atomic mass is 10.2. The lowest BCUT2D eigenvalue weighted by Gasteiger charge is -2.06. The number of amides is 1. The summed E-state index contributed by atoms with van der Waals surface area (Å²) in [7, 11) is 1.68. The second-order valence-corrected chi connectivity index (χ2v) is 6.35. The minimum absolute atomic E-state index is 0.0754. The van der Waals surface area contributed by atoms with E-state index in [4.69, 9.17) is 11.6 Å². The molecule has 0 aromatic heterocycles. The minimum atomic E-state index is -0.163. The number of amidine groups is 1. The van der Waals surface area contributed by atoms with E-state index in [0.717, 1.165) is 5.69 Å². The van der Waals surface area contributed by atoms with E-state index in [-0.39, 0.29) is 11.7 Å². The van der Waals surface area contributed by atoms with Crippen LogP contribution in [0.5, 0.6) is 5.75 Å². The van der Waals surface area contributed by atoms with E-state index in [1.165, 1.54) is 22.7 Å². The highest BCUT2D eigenvalue weighted by Gasteiger charge is 2.30. The van der Waals surface area contributed by atoms with Gasteiger partial charge < -0.3 is 5.11 Å². The molecule has 1 fully saturated rings. The smallest absolute Gasteiger partial charge is 0.266 e. The number of halogens is 1. The summed E-state index contributed by atoms with van der Waals surface area (Å²) in [5.41, 5.74) is 1.28. The predicted molar refractivity (Wildman–Crippen MR) is 95.0 cm³/mol. The van der Waals surface area contributed by atoms with Gasteiger partial charge in [-0.15, -0.1) is 0 Å². The first kappa shape index (κ1) is 15.6. The van der Waals surface area contributed by atoms with Gasteiger partial charge >= 0.3 is 0 Å². The Morgan fingerprint density at radius 1 is 1.22 bits per heavy atom. The molecule has 1 aliphatic rings. The van der Waals surface area contributed by atoms with E-state index in [2.05, 4.69) is 4.99 Å². The Morgan fingerprint density at radius 3 is 2.70 bits per heavy atom. The number of phenolic OH excluding ortho intramolecular Hbond substituents is 1. The zero-order valence-corrected chi connectivity index (χ0v) is 13.8. The van der Waals surface area contributed by atoms with Gasteiger partial charge in [0.05, 0.1) is 10.6 Å². The fourth-order valence-electron chi connectivity index (χ4n) is 2.05. The van der Waals surface area contributed by atoms with Gasteiger partial charge in [-0.05, 0) is 48.2 Å². The lowest BCUT2D eigenvalue weighted by Crippen LogP contribution is -2.23. The molecule has 1 heterocycles. The third-order valence-electron chi connectivity index (χ3n) is 3.26. The van der Waals surface area contributed by atoms with Crippen LogP contribution in [0.25, 0.3) is 6.08 Å². The van der Waals surface area contributed by atoms with Gasteiger partial charge in [0.2, 0.25) is 0 Å². The number of likely N-dealkylation sites (N-methyl/N-ethyl adjacent to an activating group) is 1. The maximum atomic E-state index is 12.3. The van der Waals surface area contributed by atoms with Crippen molar-refractivity contribution in [3.63, 3.8) is 0 Å². The van der Waals surface area contributed by atoms with E-state index in [9.17, 15) is 9.90 Å². The van der Waals surface area contributed by atoms with Crippen LogP contribution in [0, 0.1) is 0 Å². The number of thioether (sulfide) groups is 1. The van der Waals surface area contributed by atoms with Crippen molar-refractivity contribution < 1.29 is 9.90 Å². The molecule has 6 heteroatoms. The Bertz CT molecular complexity index is 819. The highest BCUT2D eigenvalue weighted by molar-refractivity contribution is 8.18. The monoisotopic (exact) mass is 344 g/mol. The number of phenols is 1. The van der Waals surface area contributed by atoms with Gasteiger partial charge in [0.25, 0.3) is 5.91 Å². The normalized spacial score (nSPS) is 18.2. The molecule has 0 saturated carbocycles. The van der Waals surface area contributed by atoms with Gasteiger partial charge in [0, 0.05) is 17.6 Å². The number of hydrogen-bond donors (Lipinski definition) is 1. The maximum absolute atomic E-state index is 12.3. The van der Waals surface area contributed by atoms with E-state index in [0.29, 0.717) is 20.7 Å². The molecule has 1 aliphatic heterocycles. The average molecular weight is 345 g/mol. The molecule has 0 atom stereocenters. The molecule has 1 amide bonds. The van der Waals surface area contributed by atoms with Crippen molar-refractivity contribution in [3.8, 4) is 5.75 Å². The van der Waals surface area contributed by atoms with Crippen LogP contribution in [0.3, 0.4) is 0 Å². The van der Waals surface area contributed by atoms with Crippen LogP contribution >= 0.6 is 23.4 Å². The molecule has 2 aromatic rings. The molecule has 1 saturated heterocycles. The summed E-state index contributed by atoms with van der Waals surface area (Å²) in [6.07, 6.45) is 1.62. The fourth-order valence-corrected chi connectivity index (χ4v) is 3.21. The Kier molecular flexibility index (Phi) is 4.41. The molecule has 0 unspecified atom stereocenters. The summed E-state index contributed by atoms with van der Waals surface area (Å²) in [6, 6.07) is 14.1. The van der Waals surface area contributed by atoms with Crippen LogP contribution in [0.15, 0.2) is 58.4 Å². The van der Waals surface area contributed by atoms with Crippen LogP contribution in [0.4, 0.5) is 5.69 Å². The van der Waals surface area contributed by atoms with Gasteiger partial charge in [-0.1, -0.05) is 29.8 Å². The number of carbonyl (C=O) groups is 1. The quantitative estimate of drug-likeness (QED) is 0.827. The number of nitrogens with zero attached hydrogens (tertiary/aromatic N) is 2. The molecule has 0 bridgehead atoms. The molecule has 0 aliphatic carbocycles. The zero-order chi connectivity index (χ0) is 16.4. The molecule has 4 nitrogen and oxygen atoms in total. The Balaban J connectivity index is 1.94. The third-order valence-corrected chi connectivity index (χ3v) is 4.56. The molecule has 2 aromatic carbocycles. The van der Waals surface area contributed by atoms with Crippen molar-refractivity contribution in [2.45, 2.75) is 0 Å². The Morgan fingerprint density at radius 2 is 1.96 bits per heavy atom. The Labute approximate surface area is 143 Å². The van der Waals surface area contributed by atoms with E-state index in [1.54, 1.807) is 25.3 Å². The number of aromatic hydroxyl groups is 1. The van der Waals surface area contributed by atoms with Crippen molar-refractivity contribution in [3.05, 3.63) is 64.0 Å². The molecular formula is C17H13ClN2O2S. The minimum Gasteiger partial charge on any atom is -0.507 e. The number of carbonyl (C=O) groups excluding carboxylic acids is 1. The van der Waals surface area contributed by atoms with Crippen LogP contribution in [0.1, 0.15) is 5.56 Å². The van der Waals surface area contributed by atoms with Crippen molar-refractivity contribution in [1.29, 1.82) is 0 Å². The van der Waals surface area contributed by atoms with E-state index < -0.39 is 0 Å².